The summed E-state index contributed by atoms with van der Waals surface area (Å²) < 4.78 is 0.687. The second kappa shape index (κ2) is 5.19. The van der Waals surface area contributed by atoms with Crippen LogP contribution in [-0.4, -0.2) is 49.4 Å². The molecule has 0 bridgehead atoms. The van der Waals surface area contributed by atoms with Crippen LogP contribution in [0.15, 0.2) is 0 Å². The van der Waals surface area contributed by atoms with Crippen LogP contribution in [0.4, 0.5) is 0 Å². The van der Waals surface area contributed by atoms with E-state index in [4.69, 9.17) is 0 Å². The second-order valence-electron chi connectivity index (χ2n) is 4.39. The van der Waals surface area contributed by atoms with Crippen molar-refractivity contribution in [2.45, 2.75) is 25.4 Å². The smallest absolute Gasteiger partial charge is 0.104 e. The molecule has 1 unspecified atom stereocenters. The van der Waals surface area contributed by atoms with Gasteiger partial charge in [-0.2, -0.15) is 0 Å². The van der Waals surface area contributed by atoms with Crippen molar-refractivity contribution in [1.82, 2.24) is 0 Å². The van der Waals surface area contributed by atoms with E-state index in [0.29, 0.717) is 23.9 Å². The van der Waals surface area contributed by atoms with Gasteiger partial charge in [0, 0.05) is 5.97 Å². The van der Waals surface area contributed by atoms with E-state index < -0.39 is 12.1 Å². The first-order valence-corrected chi connectivity index (χ1v) is 4.49. The zero-order valence-corrected chi connectivity index (χ0v) is 8.62. The van der Waals surface area contributed by atoms with Gasteiger partial charge in [0.15, 0.2) is 0 Å². The Balaban J connectivity index is 3.52. The lowest BCUT2D eigenvalue weighted by Crippen LogP contribution is -2.41. The summed E-state index contributed by atoms with van der Waals surface area (Å²) in [5, 5.41) is 19.5. The Kier molecular flexibility index (Phi) is 4.95. The van der Waals surface area contributed by atoms with Crippen molar-refractivity contribution in [2.24, 2.45) is 0 Å². The fourth-order valence-corrected chi connectivity index (χ4v) is 1.21. The SMILES string of the molecule is C[N+](C)(C)CC(O)CCCC(=O)[O-]. The molecule has 0 aromatic heterocycles. The van der Waals surface area contributed by atoms with Gasteiger partial charge >= 0.3 is 0 Å². The van der Waals surface area contributed by atoms with Gasteiger partial charge in [-0.25, -0.2) is 0 Å². The van der Waals surface area contributed by atoms with Crippen LogP contribution in [0.2, 0.25) is 0 Å². The van der Waals surface area contributed by atoms with Gasteiger partial charge in [0.1, 0.15) is 12.6 Å². The first-order valence-electron chi connectivity index (χ1n) is 4.49. The second-order valence-corrected chi connectivity index (χ2v) is 4.39. The summed E-state index contributed by atoms with van der Waals surface area (Å²) in [7, 11) is 5.96. The van der Waals surface area contributed by atoms with E-state index in [1.165, 1.54) is 0 Å². The fraction of sp³-hybridized carbons (Fsp3) is 0.889. The maximum absolute atomic E-state index is 10.1. The third-order valence-corrected chi connectivity index (χ3v) is 1.68. The number of carbonyl (C=O) groups excluding carboxylic acids is 1. The first kappa shape index (κ1) is 12.4. The predicted molar refractivity (Wildman–Crippen MR) is 47.8 cm³/mol. The van der Waals surface area contributed by atoms with E-state index >= 15 is 0 Å². The Morgan fingerprint density at radius 3 is 2.38 bits per heavy atom. The number of aliphatic carboxylic acids is 1. The van der Waals surface area contributed by atoms with E-state index in [2.05, 4.69) is 0 Å². The Morgan fingerprint density at radius 2 is 2.00 bits per heavy atom. The zero-order valence-electron chi connectivity index (χ0n) is 8.62. The molecule has 0 aromatic rings. The van der Waals surface area contributed by atoms with Crippen LogP contribution in [0.1, 0.15) is 19.3 Å². The lowest BCUT2D eigenvalue weighted by Gasteiger charge is -2.26. The molecule has 0 radical (unpaired) electrons. The van der Waals surface area contributed by atoms with Crippen molar-refractivity contribution < 1.29 is 19.5 Å². The third-order valence-electron chi connectivity index (χ3n) is 1.68. The number of likely N-dealkylation sites (N-methyl/N-ethyl adjacent to an activating group) is 1. The third kappa shape index (κ3) is 9.30. The minimum Gasteiger partial charge on any atom is -0.550 e. The highest BCUT2D eigenvalue weighted by atomic mass is 16.4. The summed E-state index contributed by atoms with van der Waals surface area (Å²) in [6.07, 6.45) is 0.639. The number of aliphatic hydroxyl groups excluding tert-OH is 1. The molecule has 4 nitrogen and oxygen atoms in total. The number of aliphatic hydroxyl groups is 1. The van der Waals surface area contributed by atoms with Crippen molar-refractivity contribution in [3.05, 3.63) is 0 Å². The lowest BCUT2D eigenvalue weighted by atomic mass is 10.1. The van der Waals surface area contributed by atoms with E-state index in [1.807, 2.05) is 21.1 Å². The number of hydrogen-bond donors (Lipinski definition) is 1. The molecule has 0 saturated heterocycles. The normalized spacial score (nSPS) is 14.2. The topological polar surface area (TPSA) is 60.4 Å². The molecule has 0 saturated carbocycles. The summed E-state index contributed by atoms with van der Waals surface area (Å²) in [5.41, 5.74) is 0. The summed E-state index contributed by atoms with van der Waals surface area (Å²) in [6, 6.07) is 0. The summed E-state index contributed by atoms with van der Waals surface area (Å²) in [6.45, 7) is 0.646. The fourth-order valence-electron chi connectivity index (χ4n) is 1.21. The molecule has 0 amide bonds. The van der Waals surface area contributed by atoms with E-state index in [0.717, 1.165) is 0 Å². The van der Waals surface area contributed by atoms with Gasteiger partial charge in [0.2, 0.25) is 0 Å². The number of carboxylic acid groups (broad SMARTS) is 1. The molecule has 0 spiro atoms. The largest absolute Gasteiger partial charge is 0.550 e. The molecule has 13 heavy (non-hydrogen) atoms. The molecule has 0 aliphatic carbocycles. The minimum atomic E-state index is -1.04. The Labute approximate surface area is 79.4 Å². The molecule has 0 aliphatic rings. The number of rotatable bonds is 6. The zero-order chi connectivity index (χ0) is 10.5. The number of carbonyl (C=O) groups is 1. The highest BCUT2D eigenvalue weighted by Crippen LogP contribution is 2.03. The average Bonchev–Trinajstić information content (AvgIpc) is 1.81. The molecule has 0 aromatic carbocycles. The van der Waals surface area contributed by atoms with Gasteiger partial charge < -0.3 is 19.5 Å². The molecule has 0 heterocycles. The van der Waals surface area contributed by atoms with Crippen LogP contribution in [0.3, 0.4) is 0 Å². The maximum atomic E-state index is 10.1. The Hall–Kier alpha value is -0.610. The van der Waals surface area contributed by atoms with Gasteiger partial charge in [0.05, 0.1) is 21.1 Å². The molecule has 0 fully saturated rings. The van der Waals surface area contributed by atoms with Gasteiger partial charge in [-0.1, -0.05) is 0 Å². The van der Waals surface area contributed by atoms with Crippen molar-refractivity contribution in [2.75, 3.05) is 27.7 Å². The summed E-state index contributed by atoms with van der Waals surface area (Å²) in [4.78, 5) is 10.1. The minimum absolute atomic E-state index is 0.0359. The molecular formula is C9H19NO3. The van der Waals surface area contributed by atoms with E-state index in [9.17, 15) is 15.0 Å². The number of carboxylic acids is 1. The number of hydrogen-bond acceptors (Lipinski definition) is 3. The van der Waals surface area contributed by atoms with E-state index in [-0.39, 0.29) is 6.42 Å². The monoisotopic (exact) mass is 189 g/mol. The van der Waals surface area contributed by atoms with Crippen LogP contribution >= 0.6 is 0 Å². The molecule has 4 heteroatoms. The van der Waals surface area contributed by atoms with Crippen LogP contribution in [-0.2, 0) is 4.79 Å². The molecule has 78 valence electrons. The van der Waals surface area contributed by atoms with Crippen molar-refractivity contribution in [3.8, 4) is 0 Å². The maximum Gasteiger partial charge on any atom is 0.104 e. The standard InChI is InChI=1S/C9H19NO3/c1-10(2,3)7-8(11)5-4-6-9(12)13/h8,11H,4-7H2,1-3H3. The van der Waals surface area contributed by atoms with Crippen molar-refractivity contribution >= 4 is 5.97 Å². The van der Waals surface area contributed by atoms with Gasteiger partial charge in [-0.15, -0.1) is 0 Å². The molecule has 0 aliphatic heterocycles. The quantitative estimate of drug-likeness (QED) is 0.544. The predicted octanol–water partition coefficient (Wildman–Crippen LogP) is -1.03. The van der Waals surface area contributed by atoms with Gasteiger partial charge in [-0.3, -0.25) is 0 Å². The molecule has 1 atom stereocenters. The van der Waals surface area contributed by atoms with Gasteiger partial charge in [-0.05, 0) is 19.3 Å². The van der Waals surface area contributed by atoms with Gasteiger partial charge in [0.25, 0.3) is 0 Å². The molecular weight excluding hydrogens is 170 g/mol. The number of quaternary nitrogens is 1. The highest BCUT2D eigenvalue weighted by molar-refractivity contribution is 5.64. The van der Waals surface area contributed by atoms with Crippen molar-refractivity contribution in [3.63, 3.8) is 0 Å². The molecule has 0 rings (SSSR count). The number of nitrogens with zero attached hydrogens (tertiary/aromatic N) is 1. The Morgan fingerprint density at radius 1 is 1.46 bits per heavy atom. The molecule has 1 N–H and O–H groups in total. The van der Waals surface area contributed by atoms with E-state index in [1.54, 1.807) is 0 Å². The highest BCUT2D eigenvalue weighted by Gasteiger charge is 2.14. The average molecular weight is 189 g/mol. The van der Waals surface area contributed by atoms with Crippen LogP contribution in [0.5, 0.6) is 0 Å². The van der Waals surface area contributed by atoms with Crippen LogP contribution in [0, 0.1) is 0 Å². The van der Waals surface area contributed by atoms with Crippen LogP contribution < -0.4 is 5.11 Å². The summed E-state index contributed by atoms with van der Waals surface area (Å²) in [5.74, 6) is -1.04. The van der Waals surface area contributed by atoms with Crippen LogP contribution in [0.25, 0.3) is 0 Å². The summed E-state index contributed by atoms with van der Waals surface area (Å²) >= 11 is 0. The Bertz CT molecular complexity index is 163. The first-order chi connectivity index (χ1) is 5.81. The van der Waals surface area contributed by atoms with Crippen molar-refractivity contribution in [1.29, 1.82) is 0 Å². The lowest BCUT2D eigenvalue weighted by molar-refractivity contribution is -0.873.